The summed E-state index contributed by atoms with van der Waals surface area (Å²) in [4.78, 5) is 43.9. The number of rotatable bonds is 6. The topological polar surface area (TPSA) is 96.2 Å². The van der Waals surface area contributed by atoms with Crippen LogP contribution < -0.4 is 24.4 Å². The van der Waals surface area contributed by atoms with E-state index in [0.29, 0.717) is 42.1 Å². The first-order valence-corrected chi connectivity index (χ1v) is 14.1. The molecule has 1 aliphatic heterocycles. The number of ether oxygens (including phenoxy) is 3. The van der Waals surface area contributed by atoms with Crippen LogP contribution in [-0.2, 0) is 14.3 Å². The lowest BCUT2D eigenvalue weighted by Crippen LogP contribution is -2.40. The fraction of sp³-hybridized carbons (Fsp3) is 0.200. The molecule has 1 atom stereocenters. The quantitative estimate of drug-likeness (QED) is 0.230. The van der Waals surface area contributed by atoms with Crippen molar-refractivity contribution >= 4 is 56.1 Å². The van der Waals surface area contributed by atoms with Crippen LogP contribution in [0.1, 0.15) is 37.9 Å². The Morgan fingerprint density at radius 1 is 1.12 bits per heavy atom. The summed E-state index contributed by atoms with van der Waals surface area (Å²) in [6, 6.07) is 15.9. The minimum atomic E-state index is -0.823. The van der Waals surface area contributed by atoms with Crippen molar-refractivity contribution in [2.75, 3.05) is 13.7 Å². The molecule has 2 heterocycles. The van der Waals surface area contributed by atoms with Gasteiger partial charge in [-0.25, -0.2) is 9.79 Å². The number of esters is 2. The van der Waals surface area contributed by atoms with Gasteiger partial charge in [0.15, 0.2) is 4.80 Å². The zero-order chi connectivity index (χ0) is 28.6. The van der Waals surface area contributed by atoms with E-state index in [1.165, 1.54) is 18.3 Å². The lowest BCUT2D eigenvalue weighted by molar-refractivity contribution is -0.139. The van der Waals surface area contributed by atoms with Crippen molar-refractivity contribution < 1.29 is 23.8 Å². The zero-order valence-corrected chi connectivity index (χ0v) is 24.6. The molecule has 5 rings (SSSR count). The maximum Gasteiger partial charge on any atom is 0.338 e. The van der Waals surface area contributed by atoms with Crippen molar-refractivity contribution in [1.29, 1.82) is 0 Å². The number of carbonyl (C=O) groups excluding carboxylic acids is 2. The van der Waals surface area contributed by atoms with Crippen LogP contribution in [0.2, 0.25) is 0 Å². The zero-order valence-electron chi connectivity index (χ0n) is 22.2. The third-order valence-corrected chi connectivity index (χ3v) is 8.05. The SMILES string of the molecule is CCOC(=O)C1=C(C)N=c2s/c(=C\c3ccc(OC(C)=O)c(Br)c3)c(=O)n2[C@H]1c1c(OC)ccc2ccccc12. The lowest BCUT2D eigenvalue weighted by Gasteiger charge is -2.27. The summed E-state index contributed by atoms with van der Waals surface area (Å²) in [6.45, 7) is 4.99. The Balaban J connectivity index is 1.77. The van der Waals surface area contributed by atoms with E-state index in [9.17, 15) is 14.4 Å². The lowest BCUT2D eigenvalue weighted by atomic mass is 9.90. The molecule has 0 aliphatic carbocycles. The van der Waals surface area contributed by atoms with Crippen LogP contribution in [0.4, 0.5) is 0 Å². The average Bonchev–Trinajstić information content (AvgIpc) is 3.22. The fourth-order valence-corrected chi connectivity index (χ4v) is 6.32. The van der Waals surface area contributed by atoms with Crippen molar-refractivity contribution in [3.8, 4) is 11.5 Å². The van der Waals surface area contributed by atoms with Crippen LogP contribution in [-0.4, -0.2) is 30.2 Å². The van der Waals surface area contributed by atoms with Gasteiger partial charge in [0.05, 0.1) is 34.0 Å². The van der Waals surface area contributed by atoms with Crippen LogP contribution in [0, 0.1) is 0 Å². The summed E-state index contributed by atoms with van der Waals surface area (Å²) in [5, 5.41) is 1.79. The van der Waals surface area contributed by atoms with E-state index in [4.69, 9.17) is 14.2 Å². The van der Waals surface area contributed by atoms with Crippen molar-refractivity contribution in [3.05, 3.63) is 101 Å². The van der Waals surface area contributed by atoms with Gasteiger partial charge in [0.1, 0.15) is 17.5 Å². The van der Waals surface area contributed by atoms with Gasteiger partial charge >= 0.3 is 11.9 Å². The third-order valence-electron chi connectivity index (χ3n) is 6.45. The van der Waals surface area contributed by atoms with Crippen LogP contribution in [0.5, 0.6) is 11.5 Å². The molecule has 1 aliphatic rings. The van der Waals surface area contributed by atoms with Crippen LogP contribution in [0.25, 0.3) is 16.8 Å². The maximum atomic E-state index is 14.1. The van der Waals surface area contributed by atoms with Gasteiger partial charge < -0.3 is 14.2 Å². The van der Waals surface area contributed by atoms with Crippen LogP contribution in [0.15, 0.2) is 80.1 Å². The minimum Gasteiger partial charge on any atom is -0.496 e. The Labute approximate surface area is 242 Å². The van der Waals surface area contributed by atoms with E-state index in [1.54, 1.807) is 49.8 Å². The maximum absolute atomic E-state index is 14.1. The number of nitrogens with zero attached hydrogens (tertiary/aromatic N) is 2. The summed E-state index contributed by atoms with van der Waals surface area (Å²) in [7, 11) is 1.56. The number of fused-ring (bicyclic) bond motifs is 2. The molecular weight excluding hydrogens is 596 g/mol. The molecule has 0 radical (unpaired) electrons. The average molecular weight is 622 g/mol. The molecule has 0 bridgehead atoms. The number of benzene rings is 3. The first kappa shape index (κ1) is 27.5. The molecule has 0 N–H and O–H groups in total. The number of allylic oxidation sites excluding steroid dienone is 1. The van der Waals surface area contributed by atoms with Gasteiger partial charge in [-0.3, -0.25) is 14.2 Å². The van der Waals surface area contributed by atoms with Gasteiger partial charge in [0.25, 0.3) is 5.56 Å². The van der Waals surface area contributed by atoms with Gasteiger partial charge in [-0.2, -0.15) is 0 Å². The normalized spacial score (nSPS) is 15.0. The molecule has 10 heteroatoms. The van der Waals surface area contributed by atoms with Crippen molar-refractivity contribution in [2.45, 2.75) is 26.8 Å². The largest absolute Gasteiger partial charge is 0.496 e. The van der Waals surface area contributed by atoms with Gasteiger partial charge in [0.2, 0.25) is 0 Å². The molecule has 8 nitrogen and oxygen atoms in total. The Morgan fingerprint density at radius 2 is 1.88 bits per heavy atom. The Hall–Kier alpha value is -4.02. The predicted octanol–water partition coefficient (Wildman–Crippen LogP) is 4.65. The monoisotopic (exact) mass is 620 g/mol. The highest BCUT2D eigenvalue weighted by Gasteiger charge is 2.36. The van der Waals surface area contributed by atoms with Crippen molar-refractivity contribution in [3.63, 3.8) is 0 Å². The Bertz CT molecular complexity index is 1890. The van der Waals surface area contributed by atoms with Gasteiger partial charge in [-0.15, -0.1) is 0 Å². The van der Waals surface area contributed by atoms with E-state index < -0.39 is 18.0 Å². The van der Waals surface area contributed by atoms with E-state index in [-0.39, 0.29) is 17.7 Å². The van der Waals surface area contributed by atoms with Crippen molar-refractivity contribution in [2.24, 2.45) is 4.99 Å². The summed E-state index contributed by atoms with van der Waals surface area (Å²) in [5.41, 5.74) is 1.84. The summed E-state index contributed by atoms with van der Waals surface area (Å²) in [6.07, 6.45) is 1.74. The third kappa shape index (κ3) is 5.00. The molecule has 0 unspecified atom stereocenters. The minimum absolute atomic E-state index is 0.178. The fourth-order valence-electron chi connectivity index (χ4n) is 4.80. The molecule has 0 saturated carbocycles. The summed E-state index contributed by atoms with van der Waals surface area (Å²) < 4.78 is 18.9. The molecular formula is C30H25BrN2O6S. The molecule has 1 aromatic heterocycles. The highest BCUT2D eigenvalue weighted by molar-refractivity contribution is 9.10. The highest BCUT2D eigenvalue weighted by atomic mass is 79.9. The second-order valence-electron chi connectivity index (χ2n) is 8.99. The molecule has 3 aromatic carbocycles. The predicted molar refractivity (Wildman–Crippen MR) is 156 cm³/mol. The Morgan fingerprint density at radius 3 is 2.58 bits per heavy atom. The number of carbonyl (C=O) groups is 2. The smallest absolute Gasteiger partial charge is 0.338 e. The Kier molecular flexibility index (Phi) is 7.73. The van der Waals surface area contributed by atoms with Crippen LogP contribution >= 0.6 is 27.3 Å². The molecule has 204 valence electrons. The molecule has 0 amide bonds. The second-order valence-corrected chi connectivity index (χ2v) is 10.9. The van der Waals surface area contributed by atoms with E-state index in [1.807, 2.05) is 36.4 Å². The molecule has 40 heavy (non-hydrogen) atoms. The number of aromatic nitrogens is 1. The number of thiazole rings is 1. The highest BCUT2D eigenvalue weighted by Crippen LogP contribution is 2.40. The summed E-state index contributed by atoms with van der Waals surface area (Å²) >= 11 is 4.65. The number of methoxy groups -OCH3 is 1. The molecule has 4 aromatic rings. The van der Waals surface area contributed by atoms with Gasteiger partial charge in [-0.1, -0.05) is 47.7 Å². The van der Waals surface area contributed by atoms with E-state index in [0.717, 1.165) is 10.8 Å². The van der Waals surface area contributed by atoms with E-state index in [2.05, 4.69) is 20.9 Å². The molecule has 0 saturated heterocycles. The molecule has 0 fully saturated rings. The molecule has 0 spiro atoms. The number of hydrogen-bond acceptors (Lipinski definition) is 8. The van der Waals surface area contributed by atoms with Crippen LogP contribution in [0.3, 0.4) is 0 Å². The van der Waals surface area contributed by atoms with Crippen molar-refractivity contribution in [1.82, 2.24) is 4.57 Å². The summed E-state index contributed by atoms with van der Waals surface area (Å²) in [5.74, 6) is -0.0509. The van der Waals surface area contributed by atoms with E-state index >= 15 is 0 Å². The van der Waals surface area contributed by atoms with Gasteiger partial charge in [-0.05, 0) is 70.4 Å². The standard InChI is InChI=1S/C30H25BrN2O6S/c1-5-38-29(36)25-16(2)32-30-33(27(25)26-20-9-7-6-8-19(20)11-13-23(26)37-4)28(35)24(40-30)15-18-10-12-22(21(31)14-18)39-17(3)34/h6-15,27H,5H2,1-4H3/b24-15-/t27-/m1/s1. The second kappa shape index (κ2) is 11.2. The number of halogens is 1. The van der Waals surface area contributed by atoms with Gasteiger partial charge in [0, 0.05) is 12.5 Å². The first-order valence-electron chi connectivity index (χ1n) is 12.5. The first-order chi connectivity index (χ1) is 19.2. The number of hydrogen-bond donors (Lipinski definition) is 0.